The van der Waals surface area contributed by atoms with E-state index < -0.39 is 10.0 Å². The normalized spacial score (nSPS) is 11.1. The number of sulfonamides is 1. The van der Waals surface area contributed by atoms with Gasteiger partial charge in [0.2, 0.25) is 0 Å². The maximum Gasteiger partial charge on any atom is 0.263 e. The third kappa shape index (κ3) is 4.40. The average Bonchev–Trinajstić information content (AvgIpc) is 2.69. The van der Waals surface area contributed by atoms with Crippen molar-refractivity contribution in [3.8, 4) is 5.75 Å². The second-order valence-electron chi connectivity index (χ2n) is 6.18. The lowest BCUT2D eigenvalue weighted by Gasteiger charge is -2.12. The standard InChI is InChI=1S/C20H22N4O3S/c1-4-15-7-5-6-8-17(15)21-19-11-12-20(23-22-19)24-28(25,26)18-10-9-16(27-3)13-14(18)2/h5-13H,4H2,1-3H3,(H,21,22)(H,23,24). The molecule has 2 N–H and O–H groups in total. The Labute approximate surface area is 164 Å². The summed E-state index contributed by atoms with van der Waals surface area (Å²) >= 11 is 0. The van der Waals surface area contributed by atoms with Gasteiger partial charge in [-0.15, -0.1) is 10.2 Å². The van der Waals surface area contributed by atoms with Crippen LogP contribution in [0.5, 0.6) is 5.75 Å². The van der Waals surface area contributed by atoms with E-state index in [4.69, 9.17) is 4.74 Å². The van der Waals surface area contributed by atoms with Crippen molar-refractivity contribution >= 4 is 27.3 Å². The number of rotatable bonds is 7. The van der Waals surface area contributed by atoms with Gasteiger partial charge >= 0.3 is 0 Å². The Morgan fingerprint density at radius 1 is 1.00 bits per heavy atom. The second-order valence-corrected chi connectivity index (χ2v) is 7.83. The Bertz CT molecular complexity index is 1070. The number of aromatic nitrogens is 2. The first-order valence-electron chi connectivity index (χ1n) is 8.79. The molecule has 3 aromatic rings. The smallest absolute Gasteiger partial charge is 0.263 e. The van der Waals surface area contributed by atoms with Gasteiger partial charge in [0.15, 0.2) is 11.6 Å². The van der Waals surface area contributed by atoms with Crippen LogP contribution < -0.4 is 14.8 Å². The van der Waals surface area contributed by atoms with E-state index >= 15 is 0 Å². The molecule has 0 aliphatic carbocycles. The SMILES string of the molecule is CCc1ccccc1Nc1ccc(NS(=O)(=O)c2ccc(OC)cc2C)nn1. The number of hydrogen-bond acceptors (Lipinski definition) is 6. The molecule has 1 heterocycles. The summed E-state index contributed by atoms with van der Waals surface area (Å²) in [5, 5.41) is 11.2. The van der Waals surface area contributed by atoms with Crippen molar-refractivity contribution in [3.05, 3.63) is 65.7 Å². The van der Waals surface area contributed by atoms with Gasteiger partial charge in [-0.3, -0.25) is 4.72 Å². The lowest BCUT2D eigenvalue weighted by atomic mass is 10.1. The number of nitrogens with one attached hydrogen (secondary N) is 2. The van der Waals surface area contributed by atoms with E-state index in [1.54, 1.807) is 31.2 Å². The first kappa shape index (κ1) is 19.6. The maximum absolute atomic E-state index is 12.6. The Morgan fingerprint density at radius 2 is 1.71 bits per heavy atom. The van der Waals surface area contributed by atoms with Crippen LogP contribution in [-0.4, -0.2) is 25.7 Å². The van der Waals surface area contributed by atoms with Gasteiger partial charge in [-0.1, -0.05) is 25.1 Å². The number of methoxy groups -OCH3 is 1. The third-order valence-corrected chi connectivity index (χ3v) is 5.75. The number of aryl methyl sites for hydroxylation is 2. The van der Waals surface area contributed by atoms with Crippen molar-refractivity contribution in [3.63, 3.8) is 0 Å². The molecular weight excluding hydrogens is 376 g/mol. The second kappa shape index (κ2) is 8.26. The van der Waals surface area contributed by atoms with Crippen molar-refractivity contribution in [2.24, 2.45) is 0 Å². The van der Waals surface area contributed by atoms with E-state index in [0.29, 0.717) is 17.1 Å². The quantitative estimate of drug-likeness (QED) is 0.627. The van der Waals surface area contributed by atoms with Crippen molar-refractivity contribution in [1.29, 1.82) is 0 Å². The van der Waals surface area contributed by atoms with Gasteiger partial charge in [0.25, 0.3) is 10.0 Å². The lowest BCUT2D eigenvalue weighted by Crippen LogP contribution is -2.15. The zero-order chi connectivity index (χ0) is 20.1. The minimum absolute atomic E-state index is 0.143. The monoisotopic (exact) mass is 398 g/mol. The maximum atomic E-state index is 12.6. The van der Waals surface area contributed by atoms with Crippen molar-refractivity contribution < 1.29 is 13.2 Å². The van der Waals surface area contributed by atoms with Crippen LogP contribution in [0.15, 0.2) is 59.5 Å². The molecule has 0 spiro atoms. The number of anilines is 3. The summed E-state index contributed by atoms with van der Waals surface area (Å²) in [6, 6.07) is 15.9. The molecule has 0 amide bonds. The molecule has 0 unspecified atom stereocenters. The fourth-order valence-electron chi connectivity index (χ4n) is 2.78. The average molecular weight is 398 g/mol. The van der Waals surface area contributed by atoms with Gasteiger partial charge in [0, 0.05) is 5.69 Å². The first-order valence-corrected chi connectivity index (χ1v) is 10.3. The van der Waals surface area contributed by atoms with Crippen molar-refractivity contribution in [1.82, 2.24) is 10.2 Å². The van der Waals surface area contributed by atoms with Crippen LogP contribution in [-0.2, 0) is 16.4 Å². The predicted octanol–water partition coefficient (Wildman–Crippen LogP) is 3.90. The van der Waals surface area contributed by atoms with Crippen LogP contribution in [0, 0.1) is 6.92 Å². The van der Waals surface area contributed by atoms with Gasteiger partial charge < -0.3 is 10.1 Å². The van der Waals surface area contributed by atoms with E-state index in [1.807, 2.05) is 24.3 Å². The summed E-state index contributed by atoms with van der Waals surface area (Å²) in [4.78, 5) is 0.161. The van der Waals surface area contributed by atoms with Crippen LogP contribution in [0.2, 0.25) is 0 Å². The molecule has 0 radical (unpaired) electrons. The Kier molecular flexibility index (Phi) is 5.79. The summed E-state index contributed by atoms with van der Waals surface area (Å²) in [7, 11) is -2.25. The summed E-state index contributed by atoms with van der Waals surface area (Å²) in [6.45, 7) is 3.78. The van der Waals surface area contributed by atoms with Crippen molar-refractivity contribution in [2.45, 2.75) is 25.2 Å². The molecule has 3 rings (SSSR count). The highest BCUT2D eigenvalue weighted by molar-refractivity contribution is 7.92. The highest BCUT2D eigenvalue weighted by Gasteiger charge is 2.18. The summed E-state index contributed by atoms with van der Waals surface area (Å²) in [6.07, 6.45) is 0.885. The number of nitrogens with zero attached hydrogens (tertiary/aromatic N) is 2. The highest BCUT2D eigenvalue weighted by atomic mass is 32.2. The molecule has 2 aromatic carbocycles. The van der Waals surface area contributed by atoms with E-state index in [2.05, 4.69) is 27.2 Å². The Hall–Kier alpha value is -3.13. The largest absolute Gasteiger partial charge is 0.497 e. The van der Waals surface area contributed by atoms with E-state index in [9.17, 15) is 8.42 Å². The fraction of sp³-hybridized carbons (Fsp3) is 0.200. The van der Waals surface area contributed by atoms with Crippen LogP contribution in [0.1, 0.15) is 18.1 Å². The molecule has 0 aliphatic heterocycles. The minimum atomic E-state index is -3.78. The zero-order valence-electron chi connectivity index (χ0n) is 15.9. The Balaban J connectivity index is 1.76. The zero-order valence-corrected chi connectivity index (χ0v) is 16.7. The summed E-state index contributed by atoms with van der Waals surface area (Å²) < 4.78 is 32.9. The number of benzene rings is 2. The number of hydrogen-bond donors (Lipinski definition) is 2. The molecule has 8 heteroatoms. The van der Waals surface area contributed by atoms with Crippen molar-refractivity contribution in [2.75, 3.05) is 17.1 Å². The van der Waals surface area contributed by atoms with Crippen LogP contribution in [0.25, 0.3) is 0 Å². The molecule has 0 bridgehead atoms. The minimum Gasteiger partial charge on any atom is -0.497 e. The van der Waals surface area contributed by atoms with Crippen LogP contribution in [0.4, 0.5) is 17.3 Å². The number of ether oxygens (including phenoxy) is 1. The highest BCUT2D eigenvalue weighted by Crippen LogP contribution is 2.24. The molecule has 7 nitrogen and oxygen atoms in total. The number of para-hydroxylation sites is 1. The van der Waals surface area contributed by atoms with Crippen LogP contribution in [0.3, 0.4) is 0 Å². The predicted molar refractivity (Wildman–Crippen MR) is 110 cm³/mol. The molecular formula is C20H22N4O3S. The molecule has 146 valence electrons. The Morgan fingerprint density at radius 3 is 2.36 bits per heavy atom. The van der Waals surface area contributed by atoms with Gasteiger partial charge in [-0.2, -0.15) is 0 Å². The molecule has 0 atom stereocenters. The van der Waals surface area contributed by atoms with Gasteiger partial charge in [-0.05, 0) is 60.9 Å². The van der Waals surface area contributed by atoms with Gasteiger partial charge in [0.1, 0.15) is 5.75 Å². The van der Waals surface area contributed by atoms with Gasteiger partial charge in [0.05, 0.1) is 12.0 Å². The van der Waals surface area contributed by atoms with E-state index in [-0.39, 0.29) is 10.7 Å². The first-order chi connectivity index (χ1) is 13.4. The molecule has 28 heavy (non-hydrogen) atoms. The molecule has 0 saturated carbocycles. The van der Waals surface area contributed by atoms with Crippen LogP contribution >= 0.6 is 0 Å². The van der Waals surface area contributed by atoms with E-state index in [1.165, 1.54) is 13.2 Å². The fourth-order valence-corrected chi connectivity index (χ4v) is 4.01. The molecule has 0 aliphatic rings. The van der Waals surface area contributed by atoms with Gasteiger partial charge in [-0.25, -0.2) is 8.42 Å². The topological polar surface area (TPSA) is 93.2 Å². The summed E-state index contributed by atoms with van der Waals surface area (Å²) in [5.41, 5.74) is 2.68. The third-order valence-electron chi connectivity index (χ3n) is 4.24. The summed E-state index contributed by atoms with van der Waals surface area (Å²) in [5.74, 6) is 1.27. The van der Waals surface area contributed by atoms with E-state index in [0.717, 1.165) is 17.7 Å². The molecule has 0 saturated heterocycles. The molecule has 0 fully saturated rings. The molecule has 1 aromatic heterocycles. The lowest BCUT2D eigenvalue weighted by molar-refractivity contribution is 0.414.